The minimum atomic E-state index is -0.758. The molecule has 1 unspecified atom stereocenters. The van der Waals surface area contributed by atoms with E-state index < -0.39 is 29.5 Å². The maximum atomic E-state index is 12.8. The van der Waals surface area contributed by atoms with Crippen LogP contribution in [0.5, 0.6) is 11.5 Å². The third-order valence-electron chi connectivity index (χ3n) is 5.42. The zero-order chi connectivity index (χ0) is 23.4. The number of Topliss-reactive ketones (excluding diaryl/α,β-unsaturated/α-hetero) is 1. The third kappa shape index (κ3) is 4.30. The molecule has 1 atom stereocenters. The van der Waals surface area contributed by atoms with Crippen LogP contribution in [0.1, 0.15) is 34.5 Å². The molecule has 0 saturated heterocycles. The van der Waals surface area contributed by atoms with Gasteiger partial charge in [0.1, 0.15) is 0 Å². The van der Waals surface area contributed by atoms with Gasteiger partial charge in [0, 0.05) is 6.54 Å². The molecule has 1 heterocycles. The molecule has 2 aromatic rings. The standard InChI is InChI=1S/C24H25NO7/c1-14(26)20-21(16-6-8-17(9-7-16)24(29)32-4)25(23(28)22(20)27)12-11-15-5-10-18(30-2)19(13-15)31-3/h5-10,13,21,27H,11-12H2,1-4H3. The van der Waals surface area contributed by atoms with Crippen molar-refractivity contribution in [1.82, 2.24) is 4.90 Å². The van der Waals surface area contributed by atoms with E-state index in [2.05, 4.69) is 0 Å². The first-order chi connectivity index (χ1) is 15.3. The normalized spacial score (nSPS) is 15.7. The lowest BCUT2D eigenvalue weighted by Crippen LogP contribution is -2.33. The summed E-state index contributed by atoms with van der Waals surface area (Å²) in [6, 6.07) is 11.1. The molecule has 1 aliphatic rings. The van der Waals surface area contributed by atoms with Crippen molar-refractivity contribution >= 4 is 17.7 Å². The van der Waals surface area contributed by atoms with Gasteiger partial charge in [-0.3, -0.25) is 9.59 Å². The Balaban J connectivity index is 1.91. The Labute approximate surface area is 186 Å². The number of amides is 1. The topological polar surface area (TPSA) is 102 Å². The molecular formula is C24H25NO7. The molecule has 0 radical (unpaired) electrons. The summed E-state index contributed by atoms with van der Waals surface area (Å²) in [5.41, 5.74) is 1.88. The maximum Gasteiger partial charge on any atom is 0.337 e. The highest BCUT2D eigenvalue weighted by molar-refractivity contribution is 6.08. The maximum absolute atomic E-state index is 12.8. The van der Waals surface area contributed by atoms with Crippen LogP contribution < -0.4 is 9.47 Å². The van der Waals surface area contributed by atoms with E-state index in [0.717, 1.165) is 5.56 Å². The first-order valence-electron chi connectivity index (χ1n) is 9.96. The van der Waals surface area contributed by atoms with Gasteiger partial charge in [-0.15, -0.1) is 0 Å². The van der Waals surface area contributed by atoms with Gasteiger partial charge in [-0.05, 0) is 48.7 Å². The van der Waals surface area contributed by atoms with Crippen LogP contribution in [0.25, 0.3) is 0 Å². The molecule has 168 valence electrons. The van der Waals surface area contributed by atoms with Gasteiger partial charge in [-0.1, -0.05) is 18.2 Å². The lowest BCUT2D eigenvalue weighted by Gasteiger charge is -2.27. The molecule has 1 aliphatic heterocycles. The van der Waals surface area contributed by atoms with Crippen LogP contribution in [0.4, 0.5) is 0 Å². The van der Waals surface area contributed by atoms with Gasteiger partial charge in [0.2, 0.25) is 0 Å². The molecule has 1 amide bonds. The van der Waals surface area contributed by atoms with Gasteiger partial charge in [0.05, 0.1) is 38.5 Å². The Morgan fingerprint density at radius 3 is 2.22 bits per heavy atom. The van der Waals surface area contributed by atoms with E-state index in [1.807, 2.05) is 12.1 Å². The Morgan fingerprint density at radius 2 is 1.66 bits per heavy atom. The van der Waals surface area contributed by atoms with Crippen LogP contribution in [-0.2, 0) is 20.7 Å². The third-order valence-corrected chi connectivity index (χ3v) is 5.42. The molecule has 8 heteroatoms. The molecule has 0 aliphatic carbocycles. The second-order valence-corrected chi connectivity index (χ2v) is 7.27. The van der Waals surface area contributed by atoms with E-state index in [0.29, 0.717) is 29.0 Å². The van der Waals surface area contributed by atoms with Crippen molar-refractivity contribution in [3.63, 3.8) is 0 Å². The number of hydrogen-bond acceptors (Lipinski definition) is 7. The molecule has 32 heavy (non-hydrogen) atoms. The van der Waals surface area contributed by atoms with Crippen LogP contribution in [0.3, 0.4) is 0 Å². The largest absolute Gasteiger partial charge is 0.503 e. The van der Waals surface area contributed by atoms with Crippen molar-refractivity contribution in [3.05, 3.63) is 70.5 Å². The number of esters is 1. The van der Waals surface area contributed by atoms with E-state index in [9.17, 15) is 19.5 Å². The summed E-state index contributed by atoms with van der Waals surface area (Å²) in [5, 5.41) is 10.4. The number of nitrogens with zero attached hydrogens (tertiary/aromatic N) is 1. The van der Waals surface area contributed by atoms with Gasteiger partial charge < -0.3 is 24.2 Å². The van der Waals surface area contributed by atoms with Crippen LogP contribution in [0.15, 0.2) is 53.8 Å². The Morgan fingerprint density at radius 1 is 1.00 bits per heavy atom. The number of rotatable bonds is 8. The van der Waals surface area contributed by atoms with Crippen molar-refractivity contribution in [1.29, 1.82) is 0 Å². The van der Waals surface area contributed by atoms with E-state index in [1.165, 1.54) is 18.9 Å². The smallest absolute Gasteiger partial charge is 0.337 e. The Hall–Kier alpha value is -3.81. The fourth-order valence-electron chi connectivity index (χ4n) is 3.80. The number of carbonyl (C=O) groups excluding carboxylic acids is 3. The minimum absolute atomic E-state index is 0.0353. The van der Waals surface area contributed by atoms with Gasteiger partial charge in [0.25, 0.3) is 5.91 Å². The van der Waals surface area contributed by atoms with Gasteiger partial charge >= 0.3 is 5.97 Å². The number of methoxy groups -OCH3 is 3. The van der Waals surface area contributed by atoms with Crippen molar-refractivity contribution < 1.29 is 33.7 Å². The molecular weight excluding hydrogens is 414 g/mol. The highest BCUT2D eigenvalue weighted by Crippen LogP contribution is 2.38. The van der Waals surface area contributed by atoms with Crippen molar-refractivity contribution in [2.45, 2.75) is 19.4 Å². The summed E-state index contributed by atoms with van der Waals surface area (Å²) in [4.78, 5) is 38.3. The summed E-state index contributed by atoms with van der Waals surface area (Å²) >= 11 is 0. The Bertz CT molecular complexity index is 1070. The van der Waals surface area contributed by atoms with Crippen molar-refractivity contribution in [3.8, 4) is 11.5 Å². The quantitative estimate of drug-likeness (QED) is 0.631. The number of hydrogen-bond donors (Lipinski definition) is 1. The average molecular weight is 439 g/mol. The molecule has 0 spiro atoms. The zero-order valence-corrected chi connectivity index (χ0v) is 18.4. The summed E-state index contributed by atoms with van der Waals surface area (Å²) < 4.78 is 15.3. The van der Waals surface area contributed by atoms with Crippen molar-refractivity contribution in [2.24, 2.45) is 0 Å². The predicted molar refractivity (Wildman–Crippen MR) is 116 cm³/mol. The number of ether oxygens (including phenoxy) is 3. The monoisotopic (exact) mass is 439 g/mol. The van der Waals surface area contributed by atoms with Crippen LogP contribution >= 0.6 is 0 Å². The number of carbonyl (C=O) groups is 3. The van der Waals surface area contributed by atoms with Gasteiger partial charge in [-0.25, -0.2) is 4.79 Å². The van der Waals surface area contributed by atoms with E-state index in [4.69, 9.17) is 14.2 Å². The van der Waals surface area contributed by atoms with E-state index in [1.54, 1.807) is 44.6 Å². The molecule has 0 saturated carbocycles. The summed E-state index contributed by atoms with van der Waals surface area (Å²) in [6.07, 6.45) is 0.460. The number of aliphatic hydroxyl groups is 1. The first-order valence-corrected chi connectivity index (χ1v) is 9.96. The average Bonchev–Trinajstić information content (AvgIpc) is 3.07. The van der Waals surface area contributed by atoms with Gasteiger partial charge in [-0.2, -0.15) is 0 Å². The molecule has 2 aromatic carbocycles. The second-order valence-electron chi connectivity index (χ2n) is 7.27. The molecule has 8 nitrogen and oxygen atoms in total. The summed E-state index contributed by atoms with van der Waals surface area (Å²) in [5.74, 6) is -0.890. The molecule has 0 fully saturated rings. The fourth-order valence-corrected chi connectivity index (χ4v) is 3.80. The van der Waals surface area contributed by atoms with Crippen LogP contribution in [0, 0.1) is 0 Å². The molecule has 1 N–H and O–H groups in total. The summed E-state index contributed by atoms with van der Waals surface area (Å²) in [7, 11) is 4.38. The second kappa shape index (κ2) is 9.55. The molecule has 3 rings (SSSR count). The zero-order valence-electron chi connectivity index (χ0n) is 18.4. The lowest BCUT2D eigenvalue weighted by atomic mass is 9.95. The molecule has 0 aromatic heterocycles. The highest BCUT2D eigenvalue weighted by Gasteiger charge is 2.42. The highest BCUT2D eigenvalue weighted by atomic mass is 16.5. The SMILES string of the molecule is COC(=O)c1ccc(C2C(C(C)=O)=C(O)C(=O)N2CCc2ccc(OC)c(OC)c2)cc1. The summed E-state index contributed by atoms with van der Waals surface area (Å²) in [6.45, 7) is 1.56. The first kappa shape index (κ1) is 22.9. The minimum Gasteiger partial charge on any atom is -0.503 e. The van der Waals surface area contributed by atoms with E-state index >= 15 is 0 Å². The Kier molecular flexibility index (Phi) is 6.82. The fraction of sp³-hybridized carbons (Fsp3) is 0.292. The lowest BCUT2D eigenvalue weighted by molar-refractivity contribution is -0.129. The van der Waals surface area contributed by atoms with Crippen LogP contribution in [-0.4, -0.2) is 55.5 Å². The molecule has 0 bridgehead atoms. The predicted octanol–water partition coefficient (Wildman–Crippen LogP) is 3.02. The van der Waals surface area contributed by atoms with Crippen molar-refractivity contribution in [2.75, 3.05) is 27.9 Å². The number of benzene rings is 2. The number of aliphatic hydroxyl groups excluding tert-OH is 1. The van der Waals surface area contributed by atoms with E-state index in [-0.39, 0.29) is 12.1 Å². The van der Waals surface area contributed by atoms with Crippen LogP contribution in [0.2, 0.25) is 0 Å². The number of ketones is 1. The van der Waals surface area contributed by atoms with Gasteiger partial charge in [0.15, 0.2) is 23.0 Å².